The van der Waals surface area contributed by atoms with Crippen molar-refractivity contribution in [3.8, 4) is 0 Å². The zero-order valence-electron chi connectivity index (χ0n) is 14.0. The van der Waals surface area contributed by atoms with Crippen molar-refractivity contribution < 1.29 is 14.0 Å². The summed E-state index contributed by atoms with van der Waals surface area (Å²) in [6, 6.07) is 6.59. The van der Waals surface area contributed by atoms with Crippen molar-refractivity contribution in [2.75, 3.05) is 13.1 Å². The number of hydrogen-bond donors (Lipinski definition) is 1. The second-order valence-corrected chi connectivity index (χ2v) is 6.70. The maximum absolute atomic E-state index is 13.9. The van der Waals surface area contributed by atoms with Gasteiger partial charge in [0.25, 0.3) is 0 Å². The first kappa shape index (κ1) is 16.7. The molecule has 5 nitrogen and oxygen atoms in total. The van der Waals surface area contributed by atoms with E-state index in [9.17, 15) is 14.0 Å². The summed E-state index contributed by atoms with van der Waals surface area (Å²) in [4.78, 5) is 27.6. The van der Waals surface area contributed by atoms with Gasteiger partial charge in [-0.15, -0.1) is 0 Å². The Morgan fingerprint density at radius 3 is 2.62 bits per heavy atom. The minimum Gasteiger partial charge on any atom is -0.341 e. The number of carbonyl (C=O) groups excluding carboxylic acids is 2. The first-order chi connectivity index (χ1) is 11.5. The Morgan fingerprint density at radius 2 is 2.04 bits per heavy atom. The van der Waals surface area contributed by atoms with Gasteiger partial charge in [-0.05, 0) is 31.7 Å². The Bertz CT molecular complexity index is 618. The highest BCUT2D eigenvalue weighted by atomic mass is 19.1. The van der Waals surface area contributed by atoms with Gasteiger partial charge >= 0.3 is 6.03 Å². The Balaban J connectivity index is 1.64. The van der Waals surface area contributed by atoms with Crippen LogP contribution in [0.2, 0.25) is 0 Å². The molecule has 2 fully saturated rings. The Labute approximate surface area is 141 Å². The van der Waals surface area contributed by atoms with Crippen molar-refractivity contribution in [3.05, 3.63) is 35.6 Å². The molecule has 1 N–H and O–H groups in total. The van der Waals surface area contributed by atoms with Crippen molar-refractivity contribution in [1.29, 1.82) is 0 Å². The van der Waals surface area contributed by atoms with Gasteiger partial charge in [0.2, 0.25) is 5.91 Å². The van der Waals surface area contributed by atoms with Crippen LogP contribution in [0.25, 0.3) is 0 Å². The number of amides is 3. The van der Waals surface area contributed by atoms with E-state index >= 15 is 0 Å². The van der Waals surface area contributed by atoms with Crippen molar-refractivity contribution in [3.63, 3.8) is 0 Å². The van der Waals surface area contributed by atoms with Gasteiger partial charge in [-0.25, -0.2) is 9.18 Å². The first-order valence-corrected chi connectivity index (χ1v) is 8.60. The van der Waals surface area contributed by atoms with Crippen LogP contribution in [-0.4, -0.2) is 46.9 Å². The molecule has 0 radical (unpaired) electrons. The second kappa shape index (κ2) is 7.20. The number of hydrogen-bond acceptors (Lipinski definition) is 2. The lowest BCUT2D eigenvalue weighted by molar-refractivity contribution is -0.127. The molecule has 3 rings (SSSR count). The van der Waals surface area contributed by atoms with Crippen LogP contribution >= 0.6 is 0 Å². The third-order valence-corrected chi connectivity index (χ3v) is 5.04. The van der Waals surface area contributed by atoms with Gasteiger partial charge in [-0.1, -0.05) is 18.2 Å². The first-order valence-electron chi connectivity index (χ1n) is 8.60. The van der Waals surface area contributed by atoms with E-state index in [0.717, 1.165) is 25.7 Å². The average Bonchev–Trinajstić information content (AvgIpc) is 2.95. The van der Waals surface area contributed by atoms with Crippen LogP contribution < -0.4 is 5.32 Å². The van der Waals surface area contributed by atoms with Crippen LogP contribution in [0.15, 0.2) is 24.3 Å². The van der Waals surface area contributed by atoms with E-state index < -0.39 is 0 Å². The van der Waals surface area contributed by atoms with E-state index in [0.29, 0.717) is 18.7 Å². The number of nitrogens with zero attached hydrogens (tertiary/aromatic N) is 2. The fourth-order valence-corrected chi connectivity index (χ4v) is 3.30. The summed E-state index contributed by atoms with van der Waals surface area (Å²) in [7, 11) is 0. The van der Waals surface area contributed by atoms with Crippen LogP contribution in [-0.2, 0) is 11.3 Å². The fraction of sp³-hybridized carbons (Fsp3) is 0.556. The number of urea groups is 1. The molecule has 1 aliphatic carbocycles. The summed E-state index contributed by atoms with van der Waals surface area (Å²) >= 11 is 0. The number of rotatable bonds is 4. The van der Waals surface area contributed by atoms with Gasteiger partial charge < -0.3 is 15.1 Å². The summed E-state index contributed by atoms with van der Waals surface area (Å²) < 4.78 is 13.9. The maximum Gasteiger partial charge on any atom is 0.318 e. The van der Waals surface area contributed by atoms with Crippen LogP contribution in [0.3, 0.4) is 0 Å². The summed E-state index contributed by atoms with van der Waals surface area (Å²) in [6.45, 7) is 3.06. The van der Waals surface area contributed by atoms with Crippen molar-refractivity contribution >= 4 is 11.9 Å². The second-order valence-electron chi connectivity index (χ2n) is 6.70. The minimum absolute atomic E-state index is 0.0235. The quantitative estimate of drug-likeness (QED) is 0.920. The smallest absolute Gasteiger partial charge is 0.318 e. The molecule has 1 saturated heterocycles. The molecule has 1 atom stereocenters. The van der Waals surface area contributed by atoms with Gasteiger partial charge in [-0.2, -0.15) is 0 Å². The predicted octanol–water partition coefficient (Wildman–Crippen LogP) is 2.51. The molecule has 6 heteroatoms. The Morgan fingerprint density at radius 1 is 1.29 bits per heavy atom. The normalized spacial score (nSPS) is 20.6. The molecule has 0 aromatic heterocycles. The van der Waals surface area contributed by atoms with E-state index in [2.05, 4.69) is 5.32 Å². The van der Waals surface area contributed by atoms with Crippen LogP contribution in [0.5, 0.6) is 0 Å². The zero-order valence-corrected chi connectivity index (χ0v) is 14.0. The van der Waals surface area contributed by atoms with Crippen molar-refractivity contribution in [2.45, 2.75) is 51.2 Å². The van der Waals surface area contributed by atoms with Crippen LogP contribution in [0, 0.1) is 5.82 Å². The molecule has 1 aromatic rings. The molecule has 1 aromatic carbocycles. The maximum atomic E-state index is 13.9. The monoisotopic (exact) mass is 333 g/mol. The lowest BCUT2D eigenvalue weighted by atomic mass is 9.91. The number of halogens is 1. The predicted molar refractivity (Wildman–Crippen MR) is 88.8 cm³/mol. The van der Waals surface area contributed by atoms with Gasteiger partial charge in [0, 0.05) is 37.7 Å². The molecule has 0 spiro atoms. The Kier molecular flexibility index (Phi) is 5.02. The molecule has 2 aliphatic rings. The molecule has 0 bridgehead atoms. The van der Waals surface area contributed by atoms with Crippen LogP contribution in [0.1, 0.15) is 38.2 Å². The van der Waals surface area contributed by atoms with Crippen molar-refractivity contribution in [1.82, 2.24) is 15.1 Å². The fourth-order valence-electron chi connectivity index (χ4n) is 3.30. The summed E-state index contributed by atoms with van der Waals surface area (Å²) in [6.07, 6.45) is 3.80. The lowest BCUT2D eigenvalue weighted by Crippen LogP contribution is -2.51. The highest BCUT2D eigenvalue weighted by molar-refractivity contribution is 5.76. The molecular formula is C18H24FN3O2. The number of carbonyl (C=O) groups is 2. The SMILES string of the molecule is CC(=O)N1CCC(NC(=O)N(Cc2ccccc2F)C2CCC2)C1. The van der Waals surface area contributed by atoms with Gasteiger partial charge in [-0.3, -0.25) is 4.79 Å². The molecule has 3 amide bonds. The number of likely N-dealkylation sites (tertiary alicyclic amines) is 1. The lowest BCUT2D eigenvalue weighted by Gasteiger charge is -2.38. The molecule has 1 saturated carbocycles. The number of nitrogens with one attached hydrogen (secondary N) is 1. The third-order valence-electron chi connectivity index (χ3n) is 5.04. The molecular weight excluding hydrogens is 309 g/mol. The standard InChI is InChI=1S/C18H24FN3O2/c1-13(23)21-10-9-15(12-21)20-18(24)22(16-6-4-7-16)11-14-5-2-3-8-17(14)19/h2-3,5,8,15-16H,4,6-7,9-12H2,1H3,(H,20,24). The van der Waals surface area contributed by atoms with E-state index in [1.54, 1.807) is 34.9 Å². The topological polar surface area (TPSA) is 52.7 Å². The minimum atomic E-state index is -0.279. The molecule has 1 aliphatic heterocycles. The summed E-state index contributed by atoms with van der Waals surface area (Å²) in [5.41, 5.74) is 0.538. The van der Waals surface area contributed by atoms with E-state index in [1.165, 1.54) is 6.07 Å². The largest absolute Gasteiger partial charge is 0.341 e. The zero-order chi connectivity index (χ0) is 17.1. The molecule has 130 valence electrons. The van der Waals surface area contributed by atoms with Crippen LogP contribution in [0.4, 0.5) is 9.18 Å². The molecule has 24 heavy (non-hydrogen) atoms. The molecule has 1 heterocycles. The van der Waals surface area contributed by atoms with Gasteiger partial charge in [0.15, 0.2) is 0 Å². The number of benzene rings is 1. The van der Waals surface area contributed by atoms with E-state index in [1.807, 2.05) is 0 Å². The third kappa shape index (κ3) is 3.68. The van der Waals surface area contributed by atoms with E-state index in [4.69, 9.17) is 0 Å². The summed E-state index contributed by atoms with van der Waals surface area (Å²) in [5, 5.41) is 3.02. The highest BCUT2D eigenvalue weighted by Crippen LogP contribution is 2.27. The van der Waals surface area contributed by atoms with Gasteiger partial charge in [0.1, 0.15) is 5.82 Å². The Hall–Kier alpha value is -2.11. The average molecular weight is 333 g/mol. The van der Waals surface area contributed by atoms with Crippen molar-refractivity contribution in [2.24, 2.45) is 0 Å². The summed E-state index contributed by atoms with van der Waals surface area (Å²) in [5.74, 6) is -0.243. The van der Waals surface area contributed by atoms with E-state index in [-0.39, 0.29) is 36.4 Å². The highest BCUT2D eigenvalue weighted by Gasteiger charge is 2.32. The molecule has 1 unspecified atom stereocenters. The van der Waals surface area contributed by atoms with Gasteiger partial charge in [0.05, 0.1) is 6.54 Å².